The molecule has 2 aromatic carbocycles. The van der Waals surface area contributed by atoms with Gasteiger partial charge in [0.15, 0.2) is 0 Å². The minimum Gasteiger partial charge on any atom is -0.481 e. The maximum Gasteiger partial charge on any atom is 0.307 e. The van der Waals surface area contributed by atoms with E-state index in [9.17, 15) is 9.90 Å². The number of fused-ring (bicyclic) bond motifs is 1. The van der Waals surface area contributed by atoms with Crippen LogP contribution in [0, 0.1) is 0 Å². The van der Waals surface area contributed by atoms with Gasteiger partial charge < -0.3 is 5.11 Å². The summed E-state index contributed by atoms with van der Waals surface area (Å²) in [6.07, 6.45) is 6.50. The van der Waals surface area contributed by atoms with Crippen LogP contribution in [-0.2, 0) is 24.1 Å². The van der Waals surface area contributed by atoms with Gasteiger partial charge in [-0.1, -0.05) is 30.3 Å². The lowest BCUT2D eigenvalue weighted by Crippen LogP contribution is -2.03. The van der Waals surface area contributed by atoms with Crippen LogP contribution in [0.2, 0.25) is 0 Å². The summed E-state index contributed by atoms with van der Waals surface area (Å²) in [6, 6.07) is 16.2. The molecule has 0 saturated heterocycles. The molecule has 0 spiro atoms. The molecule has 4 rings (SSSR count). The Hall–Kier alpha value is -2.88. The van der Waals surface area contributed by atoms with Crippen molar-refractivity contribution in [1.82, 2.24) is 9.78 Å². The van der Waals surface area contributed by atoms with E-state index in [0.717, 1.165) is 35.3 Å². The second kappa shape index (κ2) is 6.55. The average Bonchev–Trinajstić information content (AvgIpc) is 3.05. The van der Waals surface area contributed by atoms with Gasteiger partial charge in [0.25, 0.3) is 0 Å². The van der Waals surface area contributed by atoms with Crippen LogP contribution in [-0.4, -0.2) is 20.9 Å². The molecule has 0 unspecified atom stereocenters. The molecular formula is C21H20N2O2. The Balaban J connectivity index is 1.79. The minimum absolute atomic E-state index is 0.0285. The lowest BCUT2D eigenvalue weighted by Gasteiger charge is -2.16. The van der Waals surface area contributed by atoms with Crippen molar-refractivity contribution < 1.29 is 9.90 Å². The quantitative estimate of drug-likeness (QED) is 0.784. The van der Waals surface area contributed by atoms with Gasteiger partial charge in [0, 0.05) is 17.3 Å². The second-order valence-electron chi connectivity index (χ2n) is 6.54. The van der Waals surface area contributed by atoms with Crippen LogP contribution in [0.25, 0.3) is 16.9 Å². The van der Waals surface area contributed by atoms with Gasteiger partial charge >= 0.3 is 5.97 Å². The van der Waals surface area contributed by atoms with Crippen molar-refractivity contribution in [3.8, 4) is 16.9 Å². The molecule has 1 N–H and O–H groups in total. The van der Waals surface area contributed by atoms with E-state index >= 15 is 0 Å². The third kappa shape index (κ3) is 3.20. The Morgan fingerprint density at radius 2 is 1.80 bits per heavy atom. The number of rotatable bonds is 4. The predicted octanol–water partition coefficient (Wildman–Crippen LogP) is 4.05. The molecule has 126 valence electrons. The average molecular weight is 332 g/mol. The summed E-state index contributed by atoms with van der Waals surface area (Å²) in [6.45, 7) is 0. The van der Waals surface area contributed by atoms with Crippen LogP contribution in [0.15, 0.2) is 54.7 Å². The van der Waals surface area contributed by atoms with Gasteiger partial charge in [0.2, 0.25) is 0 Å². The highest BCUT2D eigenvalue weighted by atomic mass is 16.4. The van der Waals surface area contributed by atoms with E-state index in [1.54, 1.807) is 4.68 Å². The summed E-state index contributed by atoms with van der Waals surface area (Å²) in [5.74, 6) is -0.841. The van der Waals surface area contributed by atoms with Crippen LogP contribution in [0.1, 0.15) is 29.5 Å². The SMILES string of the molecule is O=C(O)Cc1cn(-c2ccccc2)nc1-c1ccc2c(c1)CCCC2. The molecule has 4 heteroatoms. The molecule has 0 saturated carbocycles. The molecule has 0 aliphatic heterocycles. The van der Waals surface area contributed by atoms with Crippen molar-refractivity contribution in [3.05, 3.63) is 71.4 Å². The number of carboxylic acid groups (broad SMARTS) is 1. The summed E-state index contributed by atoms with van der Waals surface area (Å²) < 4.78 is 1.77. The minimum atomic E-state index is -0.841. The van der Waals surface area contributed by atoms with Crippen LogP contribution in [0.4, 0.5) is 0 Å². The van der Waals surface area contributed by atoms with Crippen molar-refractivity contribution in [2.24, 2.45) is 0 Å². The normalized spacial score (nSPS) is 13.4. The van der Waals surface area contributed by atoms with E-state index in [1.807, 2.05) is 36.5 Å². The Labute approximate surface area is 146 Å². The fourth-order valence-electron chi connectivity index (χ4n) is 3.54. The van der Waals surface area contributed by atoms with E-state index in [1.165, 1.54) is 24.0 Å². The fraction of sp³-hybridized carbons (Fsp3) is 0.238. The molecule has 1 heterocycles. The second-order valence-corrected chi connectivity index (χ2v) is 6.54. The standard InChI is InChI=1S/C21H20N2O2/c24-20(25)13-18-14-23(19-8-2-1-3-9-19)22-21(18)17-11-10-15-6-4-5-7-16(15)12-17/h1-3,8-12,14H,4-7,13H2,(H,24,25). The molecular weight excluding hydrogens is 312 g/mol. The highest BCUT2D eigenvalue weighted by Crippen LogP contribution is 2.29. The van der Waals surface area contributed by atoms with Gasteiger partial charge in [-0.15, -0.1) is 0 Å². The zero-order chi connectivity index (χ0) is 17.2. The van der Waals surface area contributed by atoms with Gasteiger partial charge in [-0.2, -0.15) is 5.10 Å². The number of aryl methyl sites for hydroxylation is 2. The van der Waals surface area contributed by atoms with E-state index in [4.69, 9.17) is 5.10 Å². The Morgan fingerprint density at radius 3 is 2.56 bits per heavy atom. The van der Waals surface area contributed by atoms with Crippen LogP contribution >= 0.6 is 0 Å². The molecule has 0 bridgehead atoms. The maximum absolute atomic E-state index is 11.3. The number of nitrogens with zero attached hydrogens (tertiary/aromatic N) is 2. The van der Waals surface area contributed by atoms with Crippen molar-refractivity contribution in [1.29, 1.82) is 0 Å². The molecule has 0 radical (unpaired) electrons. The third-order valence-electron chi connectivity index (χ3n) is 4.77. The molecule has 0 fully saturated rings. The number of carbonyl (C=O) groups is 1. The first-order valence-corrected chi connectivity index (χ1v) is 8.68. The molecule has 1 aliphatic rings. The smallest absolute Gasteiger partial charge is 0.307 e. The topological polar surface area (TPSA) is 55.1 Å². The summed E-state index contributed by atoms with van der Waals surface area (Å²) >= 11 is 0. The van der Waals surface area contributed by atoms with E-state index in [2.05, 4.69) is 18.2 Å². The molecule has 4 nitrogen and oxygen atoms in total. The number of benzene rings is 2. The summed E-state index contributed by atoms with van der Waals surface area (Å²) in [5, 5.41) is 14.0. The van der Waals surface area contributed by atoms with Gasteiger partial charge in [0.1, 0.15) is 0 Å². The van der Waals surface area contributed by atoms with Gasteiger partial charge in [0.05, 0.1) is 17.8 Å². The first-order chi connectivity index (χ1) is 12.2. The summed E-state index contributed by atoms with van der Waals surface area (Å²) in [5.41, 5.74) is 6.23. The Bertz CT molecular complexity index is 913. The van der Waals surface area contributed by atoms with Crippen LogP contribution in [0.3, 0.4) is 0 Å². The number of aliphatic carboxylic acids is 1. The lowest BCUT2D eigenvalue weighted by molar-refractivity contribution is -0.136. The third-order valence-corrected chi connectivity index (χ3v) is 4.77. The van der Waals surface area contributed by atoms with Crippen LogP contribution < -0.4 is 0 Å². The monoisotopic (exact) mass is 332 g/mol. The van der Waals surface area contributed by atoms with Crippen molar-refractivity contribution in [2.75, 3.05) is 0 Å². The lowest BCUT2D eigenvalue weighted by atomic mass is 9.89. The first kappa shape index (κ1) is 15.6. The number of hydrogen-bond acceptors (Lipinski definition) is 2. The number of aromatic nitrogens is 2. The van der Waals surface area contributed by atoms with Crippen molar-refractivity contribution in [3.63, 3.8) is 0 Å². The van der Waals surface area contributed by atoms with Gasteiger partial charge in [-0.3, -0.25) is 4.79 Å². The molecule has 25 heavy (non-hydrogen) atoms. The highest BCUT2D eigenvalue weighted by Gasteiger charge is 2.17. The number of para-hydroxylation sites is 1. The zero-order valence-electron chi connectivity index (χ0n) is 14.0. The fourth-order valence-corrected chi connectivity index (χ4v) is 3.54. The molecule has 0 atom stereocenters. The van der Waals surface area contributed by atoms with Crippen LogP contribution in [0.5, 0.6) is 0 Å². The predicted molar refractivity (Wildman–Crippen MR) is 97.0 cm³/mol. The van der Waals surface area contributed by atoms with Gasteiger partial charge in [-0.25, -0.2) is 4.68 Å². The maximum atomic E-state index is 11.3. The molecule has 3 aromatic rings. The number of hydrogen-bond donors (Lipinski definition) is 1. The molecule has 1 aliphatic carbocycles. The number of carboxylic acids is 1. The largest absolute Gasteiger partial charge is 0.481 e. The Kier molecular flexibility index (Phi) is 4.10. The Morgan fingerprint density at radius 1 is 1.04 bits per heavy atom. The van der Waals surface area contributed by atoms with Crippen molar-refractivity contribution in [2.45, 2.75) is 32.1 Å². The van der Waals surface area contributed by atoms with E-state index in [0.29, 0.717) is 0 Å². The van der Waals surface area contributed by atoms with Crippen molar-refractivity contribution >= 4 is 5.97 Å². The molecule has 0 amide bonds. The summed E-state index contributed by atoms with van der Waals surface area (Å²) in [7, 11) is 0. The summed E-state index contributed by atoms with van der Waals surface area (Å²) in [4.78, 5) is 11.3. The molecule has 1 aromatic heterocycles. The van der Waals surface area contributed by atoms with Gasteiger partial charge in [-0.05, 0) is 55.0 Å². The first-order valence-electron chi connectivity index (χ1n) is 8.68. The van der Waals surface area contributed by atoms with E-state index < -0.39 is 5.97 Å². The van der Waals surface area contributed by atoms with E-state index in [-0.39, 0.29) is 6.42 Å². The highest BCUT2D eigenvalue weighted by molar-refractivity contribution is 5.75. The zero-order valence-corrected chi connectivity index (χ0v) is 14.0.